The number of aliphatic hydroxyl groups is 1. The number of hydrogen-bond acceptors (Lipinski definition) is 8. The van der Waals surface area contributed by atoms with Crippen molar-refractivity contribution in [3.05, 3.63) is 71.8 Å². The number of carboxylic acids is 2. The van der Waals surface area contributed by atoms with Gasteiger partial charge in [0.1, 0.15) is 24.7 Å². The topological polar surface area (TPSA) is 232 Å². The van der Waals surface area contributed by atoms with Crippen molar-refractivity contribution >= 4 is 35.9 Å². The van der Waals surface area contributed by atoms with Crippen molar-refractivity contribution in [2.24, 2.45) is 11.8 Å². The zero-order chi connectivity index (χ0) is 42.4. The Hall–Kier alpha value is -5.39. The Kier molecular flexibility index (Phi) is 20.9. The Morgan fingerprint density at radius 1 is 0.789 bits per heavy atom. The molecule has 0 spiro atoms. The number of rotatable bonds is 19. The van der Waals surface area contributed by atoms with Crippen molar-refractivity contribution in [3.63, 3.8) is 0 Å². The van der Waals surface area contributed by atoms with Gasteiger partial charge in [-0.05, 0) is 48.6 Å². The summed E-state index contributed by atoms with van der Waals surface area (Å²) in [7, 11) is 0. The molecule has 3 rings (SSSR count). The summed E-state index contributed by atoms with van der Waals surface area (Å²) in [6, 6.07) is 14.0. The summed E-state index contributed by atoms with van der Waals surface area (Å²) in [4.78, 5) is 73.1. The molecule has 1 fully saturated rings. The van der Waals surface area contributed by atoms with Gasteiger partial charge < -0.3 is 46.6 Å². The number of aliphatic carboxylic acids is 2. The first-order valence-corrected chi connectivity index (χ1v) is 18.8. The number of ether oxygens (including phenoxy) is 1. The summed E-state index contributed by atoms with van der Waals surface area (Å²) in [5.74, 6) is -5.14. The molecule has 1 aliphatic rings. The van der Waals surface area contributed by atoms with Gasteiger partial charge in [0.15, 0.2) is 0 Å². The van der Waals surface area contributed by atoms with E-state index >= 15 is 0 Å². The molecule has 1 unspecified atom stereocenters. The summed E-state index contributed by atoms with van der Waals surface area (Å²) < 4.78 is 36.9. The molecular weight excluding hydrogens is 755 g/mol. The van der Waals surface area contributed by atoms with E-state index in [1.807, 2.05) is 60.7 Å². The number of alkyl halides is 3. The largest absolute Gasteiger partial charge is 0.490 e. The number of urea groups is 1. The summed E-state index contributed by atoms with van der Waals surface area (Å²) in [6.45, 7) is 3.53. The molecule has 57 heavy (non-hydrogen) atoms. The summed E-state index contributed by atoms with van der Waals surface area (Å²) in [5, 5.41) is 40.2. The van der Waals surface area contributed by atoms with Crippen molar-refractivity contribution < 1.29 is 62.0 Å². The molecule has 316 valence electrons. The van der Waals surface area contributed by atoms with Crippen LogP contribution in [-0.2, 0) is 36.9 Å². The van der Waals surface area contributed by atoms with Crippen molar-refractivity contribution in [1.82, 2.24) is 26.6 Å². The number of halogens is 3. The lowest BCUT2D eigenvalue weighted by molar-refractivity contribution is -0.192. The smallest absolute Gasteiger partial charge is 0.480 e. The molecule has 15 nitrogen and oxygen atoms in total. The Bertz CT molecular complexity index is 1560. The molecule has 2 aromatic carbocycles. The third kappa shape index (κ3) is 19.4. The first-order chi connectivity index (χ1) is 27.0. The van der Waals surface area contributed by atoms with Crippen LogP contribution in [0.3, 0.4) is 0 Å². The van der Waals surface area contributed by atoms with Gasteiger partial charge in [-0.2, -0.15) is 13.2 Å². The predicted molar refractivity (Wildman–Crippen MR) is 202 cm³/mol. The molecular formula is C39H54F3N5O10. The molecule has 1 aliphatic carbocycles. The minimum Gasteiger partial charge on any atom is -0.480 e. The number of carbonyl (C=O) groups excluding carboxylic acids is 4. The van der Waals surface area contributed by atoms with E-state index in [2.05, 4.69) is 26.6 Å². The molecule has 0 bridgehead atoms. The first-order valence-electron chi connectivity index (χ1n) is 18.8. The standard InChI is InChI=1S/C37H53N5O8.C2HF3O2/c1-25(2)32(34(45)39-29(23-43)21-26-13-6-3-7-14-26)42-33(44)31(22-27-15-8-4-9-16-27)41-36(48)40-30(35(46)47)19-12-20-38-37(49)50-24-28-17-10-5-11-18-28;3-2(4,5)1(6)7/h3,5-7,10-11,13-14,17-18,25,27,29-32,43H,4,8-9,12,15-16,19-24H2,1-2H3,(H,38,49)(H,39,45)(H,42,44)(H,46,47)(H2,40,41,48);(H,6,7)/t29-,30?,31+,32-;/m0./s1. The quantitative estimate of drug-likeness (QED) is 0.0939. The number of hydrogen-bond donors (Lipinski definition) is 8. The summed E-state index contributed by atoms with van der Waals surface area (Å²) in [6.07, 6.45) is 0.223. The third-order valence-corrected chi connectivity index (χ3v) is 9.05. The lowest BCUT2D eigenvalue weighted by Crippen LogP contribution is -2.59. The van der Waals surface area contributed by atoms with Crippen LogP contribution < -0.4 is 26.6 Å². The SMILES string of the molecule is CC(C)[C@H](NC(=O)[C@@H](CC1CCCCC1)NC(=O)NC(CCCNC(=O)OCc1ccccc1)C(=O)O)C(=O)N[C@H](CO)Cc1ccccc1.O=C(O)C(F)(F)F. The maximum atomic E-state index is 13.7. The van der Waals surface area contributed by atoms with Gasteiger partial charge in [0.05, 0.1) is 12.6 Å². The van der Waals surface area contributed by atoms with Crippen molar-refractivity contribution in [2.45, 2.75) is 109 Å². The molecule has 2 aromatic rings. The van der Waals surface area contributed by atoms with Gasteiger partial charge in [0.25, 0.3) is 0 Å². The molecule has 18 heteroatoms. The molecule has 1 saturated carbocycles. The highest BCUT2D eigenvalue weighted by Crippen LogP contribution is 2.27. The zero-order valence-corrected chi connectivity index (χ0v) is 32.1. The second-order valence-electron chi connectivity index (χ2n) is 14.0. The summed E-state index contributed by atoms with van der Waals surface area (Å²) >= 11 is 0. The van der Waals surface area contributed by atoms with E-state index in [0.29, 0.717) is 12.8 Å². The van der Waals surface area contributed by atoms with E-state index in [-0.39, 0.29) is 44.4 Å². The van der Waals surface area contributed by atoms with E-state index in [4.69, 9.17) is 14.6 Å². The van der Waals surface area contributed by atoms with E-state index in [9.17, 15) is 47.4 Å². The fourth-order valence-electron chi connectivity index (χ4n) is 6.01. The minimum atomic E-state index is -5.08. The highest BCUT2D eigenvalue weighted by atomic mass is 19.4. The van der Waals surface area contributed by atoms with E-state index in [0.717, 1.165) is 43.2 Å². The molecule has 8 N–H and O–H groups in total. The highest BCUT2D eigenvalue weighted by Gasteiger charge is 2.38. The highest BCUT2D eigenvalue weighted by molar-refractivity contribution is 5.92. The average Bonchev–Trinajstić information content (AvgIpc) is 3.17. The Balaban J connectivity index is 0.00000146. The van der Waals surface area contributed by atoms with Crippen LogP contribution in [0.25, 0.3) is 0 Å². The number of nitrogens with one attached hydrogen (secondary N) is 5. The normalized spacial score (nSPS) is 15.0. The molecule has 0 aromatic heterocycles. The fourth-order valence-corrected chi connectivity index (χ4v) is 6.01. The van der Waals surface area contributed by atoms with Gasteiger partial charge in [-0.3, -0.25) is 9.59 Å². The third-order valence-electron chi connectivity index (χ3n) is 9.05. The van der Waals surface area contributed by atoms with Gasteiger partial charge in [-0.15, -0.1) is 0 Å². The van der Waals surface area contributed by atoms with E-state index < -0.39 is 66.2 Å². The number of carboxylic acid groups (broad SMARTS) is 2. The number of aliphatic hydroxyl groups excluding tert-OH is 1. The lowest BCUT2D eigenvalue weighted by Gasteiger charge is -2.30. The zero-order valence-electron chi connectivity index (χ0n) is 32.1. The Morgan fingerprint density at radius 3 is 1.88 bits per heavy atom. The number of carbonyl (C=O) groups is 6. The Morgan fingerprint density at radius 2 is 1.35 bits per heavy atom. The molecule has 4 atom stereocenters. The van der Waals surface area contributed by atoms with E-state index in [1.54, 1.807) is 13.8 Å². The number of alkyl carbamates (subject to hydrolysis) is 1. The van der Waals surface area contributed by atoms with Crippen LogP contribution in [-0.4, -0.2) is 94.7 Å². The van der Waals surface area contributed by atoms with Gasteiger partial charge in [-0.25, -0.2) is 19.2 Å². The van der Waals surface area contributed by atoms with Crippen LogP contribution in [0.2, 0.25) is 0 Å². The van der Waals surface area contributed by atoms with Gasteiger partial charge >= 0.3 is 30.2 Å². The van der Waals surface area contributed by atoms with Crippen molar-refractivity contribution in [3.8, 4) is 0 Å². The molecule has 0 saturated heterocycles. The Labute approximate surface area is 329 Å². The predicted octanol–water partition coefficient (Wildman–Crippen LogP) is 4.28. The van der Waals surface area contributed by atoms with Crippen LogP contribution in [0.1, 0.15) is 76.3 Å². The summed E-state index contributed by atoms with van der Waals surface area (Å²) in [5.41, 5.74) is 1.77. The first kappa shape index (κ1) is 47.8. The number of benzene rings is 2. The van der Waals surface area contributed by atoms with Crippen LogP contribution in [0.4, 0.5) is 22.8 Å². The van der Waals surface area contributed by atoms with Crippen molar-refractivity contribution in [1.29, 1.82) is 0 Å². The molecule has 5 amide bonds. The van der Waals surface area contributed by atoms with Gasteiger partial charge in [0, 0.05) is 6.54 Å². The number of amides is 5. The second kappa shape index (κ2) is 25.0. The minimum absolute atomic E-state index is 0.0196. The van der Waals surface area contributed by atoms with Crippen LogP contribution >= 0.6 is 0 Å². The van der Waals surface area contributed by atoms with Crippen LogP contribution in [0.5, 0.6) is 0 Å². The van der Waals surface area contributed by atoms with E-state index in [1.165, 1.54) is 0 Å². The second-order valence-corrected chi connectivity index (χ2v) is 14.0. The monoisotopic (exact) mass is 809 g/mol. The lowest BCUT2D eigenvalue weighted by atomic mass is 9.84. The maximum absolute atomic E-state index is 13.7. The van der Waals surface area contributed by atoms with Gasteiger partial charge in [-0.1, -0.05) is 107 Å². The van der Waals surface area contributed by atoms with Crippen LogP contribution in [0, 0.1) is 11.8 Å². The van der Waals surface area contributed by atoms with Crippen LogP contribution in [0.15, 0.2) is 60.7 Å². The maximum Gasteiger partial charge on any atom is 0.490 e. The molecule has 0 heterocycles. The molecule has 0 radical (unpaired) electrons. The average molecular weight is 810 g/mol. The fraction of sp³-hybridized carbons (Fsp3) is 0.538. The van der Waals surface area contributed by atoms with Gasteiger partial charge in [0.2, 0.25) is 11.8 Å². The van der Waals surface area contributed by atoms with Crippen molar-refractivity contribution in [2.75, 3.05) is 13.2 Å². The molecule has 0 aliphatic heterocycles.